The summed E-state index contributed by atoms with van der Waals surface area (Å²) in [4.78, 5) is 13.7. The van der Waals surface area contributed by atoms with Gasteiger partial charge in [0.15, 0.2) is 0 Å². The molecule has 2 saturated heterocycles. The molecule has 1 N–H and O–H groups in total. The summed E-state index contributed by atoms with van der Waals surface area (Å²) in [7, 11) is 0. The highest BCUT2D eigenvalue weighted by Crippen LogP contribution is 2.25. The molecule has 2 aliphatic rings. The van der Waals surface area contributed by atoms with E-state index < -0.39 is 12.2 Å². The largest absolute Gasteiger partial charge is 0.323 e. The Kier molecular flexibility index (Phi) is 6.07. The van der Waals surface area contributed by atoms with Crippen LogP contribution in [-0.4, -0.2) is 65.3 Å². The minimum Gasteiger partial charge on any atom is -0.323 e. The Hall–Kier alpha value is -0.840. The van der Waals surface area contributed by atoms with Gasteiger partial charge in [-0.2, -0.15) is 5.26 Å². The minimum absolute atomic E-state index is 0.0513. The molecule has 0 aromatic rings. The summed E-state index contributed by atoms with van der Waals surface area (Å²) >= 11 is 1.76. The van der Waals surface area contributed by atoms with Crippen LogP contribution in [0.2, 0.25) is 0 Å². The van der Waals surface area contributed by atoms with Crippen molar-refractivity contribution < 1.29 is 9.18 Å². The number of carbonyl (C=O) groups excluding carboxylic acids is 1. The lowest BCUT2D eigenvalue weighted by Gasteiger charge is -2.31. The van der Waals surface area contributed by atoms with Gasteiger partial charge < -0.3 is 10.2 Å². The Balaban J connectivity index is 1.86. The van der Waals surface area contributed by atoms with Crippen LogP contribution in [-0.2, 0) is 4.79 Å². The van der Waals surface area contributed by atoms with E-state index in [1.54, 1.807) is 11.9 Å². The molecule has 0 aromatic carbocycles. The minimum atomic E-state index is -1.07. The third-order valence-corrected chi connectivity index (χ3v) is 5.57. The first-order valence-electron chi connectivity index (χ1n) is 7.84. The Labute approximate surface area is 136 Å². The van der Waals surface area contributed by atoms with Gasteiger partial charge in [0.05, 0.1) is 19.2 Å². The smallest absolute Gasteiger partial charge is 0.237 e. The molecule has 5 nitrogen and oxygen atoms in total. The van der Waals surface area contributed by atoms with E-state index in [2.05, 4.69) is 22.8 Å². The molecular weight excluding hydrogens is 303 g/mol. The molecule has 22 heavy (non-hydrogen) atoms. The second kappa shape index (κ2) is 7.62. The summed E-state index contributed by atoms with van der Waals surface area (Å²) in [6, 6.07) is 1.41. The molecule has 2 aliphatic heterocycles. The average molecular weight is 328 g/mol. The summed E-state index contributed by atoms with van der Waals surface area (Å²) in [5, 5.41) is 12.4. The van der Waals surface area contributed by atoms with Crippen LogP contribution < -0.4 is 5.32 Å². The molecule has 2 rings (SSSR count). The Morgan fingerprint density at radius 2 is 2.27 bits per heavy atom. The van der Waals surface area contributed by atoms with Gasteiger partial charge in [0.25, 0.3) is 0 Å². The van der Waals surface area contributed by atoms with Crippen molar-refractivity contribution in [3.8, 4) is 6.07 Å². The van der Waals surface area contributed by atoms with Crippen LogP contribution in [0.25, 0.3) is 0 Å². The van der Waals surface area contributed by atoms with Gasteiger partial charge in [-0.05, 0) is 32.4 Å². The van der Waals surface area contributed by atoms with Crippen LogP contribution >= 0.6 is 11.9 Å². The standard InChI is InChI=1S/C15H25FN4OS/c1-15(4-3-6-19(22-2)7-5-15)18-10-14(21)20-11-12(16)8-13(20)9-17/h12-13,18H,3-8,10-11H2,1-2H3. The van der Waals surface area contributed by atoms with Crippen molar-refractivity contribution in [1.29, 1.82) is 5.26 Å². The van der Waals surface area contributed by atoms with Crippen molar-refractivity contribution in [3.05, 3.63) is 0 Å². The summed E-state index contributed by atoms with van der Waals surface area (Å²) < 4.78 is 15.7. The third kappa shape index (κ3) is 4.34. The zero-order valence-electron chi connectivity index (χ0n) is 13.3. The Morgan fingerprint density at radius 3 is 2.95 bits per heavy atom. The van der Waals surface area contributed by atoms with Gasteiger partial charge in [-0.3, -0.25) is 9.10 Å². The molecule has 2 heterocycles. The van der Waals surface area contributed by atoms with E-state index in [0.29, 0.717) is 0 Å². The molecule has 0 aromatic heterocycles. The van der Waals surface area contributed by atoms with E-state index in [9.17, 15) is 9.18 Å². The maximum atomic E-state index is 13.4. The van der Waals surface area contributed by atoms with Crippen molar-refractivity contribution in [2.45, 2.75) is 50.4 Å². The zero-order valence-corrected chi connectivity index (χ0v) is 14.2. The molecule has 3 unspecified atom stereocenters. The molecule has 1 amide bonds. The van der Waals surface area contributed by atoms with Crippen molar-refractivity contribution in [1.82, 2.24) is 14.5 Å². The van der Waals surface area contributed by atoms with Gasteiger partial charge in [-0.25, -0.2) is 4.39 Å². The fourth-order valence-corrected chi connectivity index (χ4v) is 3.77. The van der Waals surface area contributed by atoms with Gasteiger partial charge in [0, 0.05) is 25.0 Å². The SMILES string of the molecule is CSN1CCCC(C)(NCC(=O)N2CC(F)CC2C#N)CC1. The van der Waals surface area contributed by atoms with Crippen LogP contribution in [0.5, 0.6) is 0 Å². The normalized spacial score (nSPS) is 33.5. The first-order valence-corrected chi connectivity index (χ1v) is 9.03. The van der Waals surface area contributed by atoms with Crippen molar-refractivity contribution in [2.75, 3.05) is 32.4 Å². The monoisotopic (exact) mass is 328 g/mol. The van der Waals surface area contributed by atoms with Crippen LogP contribution in [0.15, 0.2) is 0 Å². The first kappa shape index (κ1) is 17.5. The average Bonchev–Trinajstić information content (AvgIpc) is 2.78. The van der Waals surface area contributed by atoms with E-state index in [1.807, 2.05) is 6.07 Å². The van der Waals surface area contributed by atoms with E-state index in [4.69, 9.17) is 5.26 Å². The number of hydrogen-bond acceptors (Lipinski definition) is 5. The molecule has 3 atom stereocenters. The lowest BCUT2D eigenvalue weighted by molar-refractivity contribution is -0.130. The number of halogens is 1. The molecule has 0 aliphatic carbocycles. The fourth-order valence-electron chi connectivity index (χ4n) is 3.19. The quantitative estimate of drug-likeness (QED) is 0.794. The Morgan fingerprint density at radius 1 is 1.50 bits per heavy atom. The molecular formula is C15H25FN4OS. The number of hydrogen-bond donors (Lipinski definition) is 1. The summed E-state index contributed by atoms with van der Waals surface area (Å²) in [5.74, 6) is -0.168. The molecule has 7 heteroatoms. The first-order chi connectivity index (χ1) is 10.5. The van der Waals surface area contributed by atoms with E-state index in [1.165, 1.54) is 4.90 Å². The van der Waals surface area contributed by atoms with Crippen molar-refractivity contribution in [2.24, 2.45) is 0 Å². The van der Waals surface area contributed by atoms with E-state index in [-0.39, 0.29) is 31.0 Å². The summed E-state index contributed by atoms with van der Waals surface area (Å²) in [6.45, 7) is 4.44. The number of nitrogens with zero attached hydrogens (tertiary/aromatic N) is 3. The van der Waals surface area contributed by atoms with Gasteiger partial charge >= 0.3 is 0 Å². The molecule has 0 saturated carbocycles. The molecule has 0 radical (unpaired) electrons. The van der Waals surface area contributed by atoms with Crippen LogP contribution in [0.3, 0.4) is 0 Å². The van der Waals surface area contributed by atoms with Crippen molar-refractivity contribution in [3.63, 3.8) is 0 Å². The predicted molar refractivity (Wildman–Crippen MR) is 86.0 cm³/mol. The molecule has 0 bridgehead atoms. The number of alkyl halides is 1. The lowest BCUT2D eigenvalue weighted by atomic mass is 9.93. The highest BCUT2D eigenvalue weighted by Gasteiger charge is 2.36. The van der Waals surface area contributed by atoms with E-state index in [0.717, 1.165) is 32.4 Å². The van der Waals surface area contributed by atoms with Gasteiger partial charge in [0.1, 0.15) is 12.2 Å². The number of likely N-dealkylation sites (tertiary alicyclic amines) is 1. The topological polar surface area (TPSA) is 59.4 Å². The fraction of sp³-hybridized carbons (Fsp3) is 0.867. The van der Waals surface area contributed by atoms with Crippen molar-refractivity contribution >= 4 is 17.9 Å². The highest BCUT2D eigenvalue weighted by molar-refractivity contribution is 7.96. The summed E-state index contributed by atoms with van der Waals surface area (Å²) in [6.07, 6.45) is 4.25. The molecule has 0 spiro atoms. The summed E-state index contributed by atoms with van der Waals surface area (Å²) in [5.41, 5.74) is -0.0723. The second-order valence-electron chi connectivity index (χ2n) is 6.40. The number of nitrogens with one attached hydrogen (secondary N) is 1. The van der Waals surface area contributed by atoms with Crippen LogP contribution in [0, 0.1) is 11.3 Å². The van der Waals surface area contributed by atoms with Gasteiger partial charge in [-0.15, -0.1) is 0 Å². The predicted octanol–water partition coefficient (Wildman–Crippen LogP) is 1.56. The number of amides is 1. The number of rotatable bonds is 4. The highest BCUT2D eigenvalue weighted by atomic mass is 32.2. The molecule has 124 valence electrons. The lowest BCUT2D eigenvalue weighted by Crippen LogP contribution is -2.49. The Bertz CT molecular complexity index is 444. The zero-order chi connectivity index (χ0) is 16.2. The van der Waals surface area contributed by atoms with E-state index >= 15 is 0 Å². The number of carbonyl (C=O) groups is 1. The van der Waals surface area contributed by atoms with Crippen LogP contribution in [0.1, 0.15) is 32.6 Å². The van der Waals surface area contributed by atoms with Gasteiger partial charge in [-0.1, -0.05) is 11.9 Å². The maximum Gasteiger partial charge on any atom is 0.237 e. The van der Waals surface area contributed by atoms with Crippen LogP contribution in [0.4, 0.5) is 4.39 Å². The number of nitriles is 1. The molecule has 2 fully saturated rings. The second-order valence-corrected chi connectivity index (χ2v) is 7.28. The maximum absolute atomic E-state index is 13.4. The third-order valence-electron chi connectivity index (χ3n) is 4.69. The van der Waals surface area contributed by atoms with Gasteiger partial charge in [0.2, 0.25) is 5.91 Å².